The van der Waals surface area contributed by atoms with Gasteiger partial charge in [-0.3, -0.25) is 9.59 Å². The summed E-state index contributed by atoms with van der Waals surface area (Å²) in [7, 11) is 0. The Hall–Kier alpha value is -2.64. The fraction of sp³-hybridized carbons (Fsp3) is 0.824. The first-order chi connectivity index (χ1) is 38.7. The van der Waals surface area contributed by atoms with Gasteiger partial charge < -0.3 is 45.1 Å². The van der Waals surface area contributed by atoms with E-state index >= 15 is 0 Å². The van der Waals surface area contributed by atoms with Crippen LogP contribution in [0.5, 0.6) is 0 Å². The second-order valence-corrected chi connectivity index (χ2v) is 22.8. The molecule has 0 spiro atoms. The Labute approximate surface area is 484 Å². The molecule has 1 fully saturated rings. The van der Waals surface area contributed by atoms with Crippen LogP contribution in [-0.2, 0) is 23.8 Å². The van der Waals surface area contributed by atoms with Crippen molar-refractivity contribution in [3.05, 3.63) is 60.8 Å². The van der Waals surface area contributed by atoms with Gasteiger partial charge in [0, 0.05) is 12.8 Å². The summed E-state index contributed by atoms with van der Waals surface area (Å²) in [6.07, 6.45) is 65.0. The molecular formula is C68H123NO10. The van der Waals surface area contributed by atoms with E-state index in [0.717, 1.165) is 96.3 Å². The number of ether oxygens (including phenoxy) is 3. The molecule has 0 saturated carbocycles. The van der Waals surface area contributed by atoms with E-state index in [2.05, 4.69) is 67.8 Å². The second-order valence-electron chi connectivity index (χ2n) is 22.8. The number of hydrogen-bond acceptors (Lipinski definition) is 10. The van der Waals surface area contributed by atoms with E-state index in [-0.39, 0.29) is 18.5 Å². The summed E-state index contributed by atoms with van der Waals surface area (Å²) >= 11 is 0. The van der Waals surface area contributed by atoms with Crippen molar-refractivity contribution in [2.75, 3.05) is 19.8 Å². The number of allylic oxidation sites excluding steroid dienone is 9. The van der Waals surface area contributed by atoms with Gasteiger partial charge in [-0.1, -0.05) is 261 Å². The van der Waals surface area contributed by atoms with Gasteiger partial charge in [-0.25, -0.2) is 0 Å². The van der Waals surface area contributed by atoms with Crippen LogP contribution in [0.25, 0.3) is 0 Å². The molecule has 0 aromatic heterocycles. The third kappa shape index (κ3) is 46.5. The largest absolute Gasteiger partial charge is 0.466 e. The molecule has 6 N–H and O–H groups in total. The first kappa shape index (κ1) is 74.4. The van der Waals surface area contributed by atoms with Crippen molar-refractivity contribution < 1.29 is 49.3 Å². The van der Waals surface area contributed by atoms with Crippen molar-refractivity contribution in [1.82, 2.24) is 5.32 Å². The molecule has 7 atom stereocenters. The highest BCUT2D eigenvalue weighted by Gasteiger charge is 2.44. The molecule has 1 heterocycles. The fourth-order valence-electron chi connectivity index (χ4n) is 10.2. The maximum atomic E-state index is 13.0. The van der Waals surface area contributed by atoms with Gasteiger partial charge in [-0.2, -0.15) is 0 Å². The van der Waals surface area contributed by atoms with Gasteiger partial charge in [0.1, 0.15) is 24.4 Å². The molecule has 11 heteroatoms. The van der Waals surface area contributed by atoms with Crippen LogP contribution in [0, 0.1) is 0 Å². The van der Waals surface area contributed by atoms with Crippen molar-refractivity contribution in [2.45, 2.75) is 339 Å². The van der Waals surface area contributed by atoms with Crippen molar-refractivity contribution >= 4 is 11.9 Å². The van der Waals surface area contributed by atoms with Crippen molar-refractivity contribution in [2.24, 2.45) is 0 Å². The summed E-state index contributed by atoms with van der Waals surface area (Å²) in [5.74, 6) is -0.204. The molecule has 0 aromatic rings. The molecule has 1 saturated heterocycles. The Morgan fingerprint density at radius 3 is 1.38 bits per heavy atom. The van der Waals surface area contributed by atoms with Gasteiger partial charge in [-0.15, -0.1) is 0 Å². The van der Waals surface area contributed by atoms with Crippen molar-refractivity contribution in [3.63, 3.8) is 0 Å². The maximum Gasteiger partial charge on any atom is 0.305 e. The van der Waals surface area contributed by atoms with E-state index in [1.54, 1.807) is 6.08 Å². The van der Waals surface area contributed by atoms with Crippen molar-refractivity contribution in [3.8, 4) is 0 Å². The zero-order valence-electron chi connectivity index (χ0n) is 50.8. The molecule has 0 bridgehead atoms. The van der Waals surface area contributed by atoms with Gasteiger partial charge in [0.15, 0.2) is 6.29 Å². The Balaban J connectivity index is 1.99. The number of aliphatic hydroxyl groups excluding tert-OH is 5. The minimum absolute atomic E-state index is 0.000798. The molecular weight excluding hydrogens is 991 g/mol. The number of nitrogens with one attached hydrogen (secondary N) is 1. The molecule has 7 unspecified atom stereocenters. The second kappa shape index (κ2) is 57.2. The number of unbranched alkanes of at least 4 members (excludes halogenated alkanes) is 35. The number of rotatable bonds is 57. The van der Waals surface area contributed by atoms with Gasteiger partial charge >= 0.3 is 5.97 Å². The Bertz CT molecular complexity index is 1500. The van der Waals surface area contributed by atoms with E-state index < -0.39 is 49.5 Å². The SMILES string of the molecule is CC/C=C/CC/C=C/CC/C=C/C(O)C(COC1OC(CO)C(O)C(O)C1O)NC(=O)CCCCCCCCCCC/C=C\C/C=C\CCCCCCCCCCCOC(=O)CCCCCCCCCCCCCCCCCC. The number of esters is 1. The smallest absolute Gasteiger partial charge is 0.305 e. The molecule has 1 amide bonds. The van der Waals surface area contributed by atoms with Crippen LogP contribution in [0.15, 0.2) is 60.8 Å². The molecule has 0 aliphatic carbocycles. The lowest BCUT2D eigenvalue weighted by Crippen LogP contribution is -2.60. The summed E-state index contributed by atoms with van der Waals surface area (Å²) in [5.41, 5.74) is 0. The summed E-state index contributed by atoms with van der Waals surface area (Å²) in [4.78, 5) is 25.1. The minimum atomic E-state index is -1.58. The van der Waals surface area contributed by atoms with E-state index in [1.807, 2.05) is 6.08 Å². The fourth-order valence-corrected chi connectivity index (χ4v) is 10.2. The monoisotopic (exact) mass is 1110 g/mol. The molecule has 1 aliphatic rings. The third-order valence-electron chi connectivity index (χ3n) is 15.3. The molecule has 1 rings (SSSR count). The van der Waals surface area contributed by atoms with Crippen LogP contribution in [0.2, 0.25) is 0 Å². The van der Waals surface area contributed by atoms with Crippen molar-refractivity contribution in [1.29, 1.82) is 0 Å². The first-order valence-corrected chi connectivity index (χ1v) is 33.1. The number of hydrogen-bond donors (Lipinski definition) is 6. The Morgan fingerprint density at radius 1 is 0.481 bits per heavy atom. The Morgan fingerprint density at radius 2 is 0.899 bits per heavy atom. The average molecular weight is 1110 g/mol. The van der Waals surface area contributed by atoms with Crippen LogP contribution >= 0.6 is 0 Å². The standard InChI is InChI=1S/C68H123NO10/c1-3-5-7-9-11-13-15-16-17-30-33-36-40-44-48-52-56-64(73)77-57-53-49-45-41-37-34-31-28-26-24-22-20-18-19-21-23-25-27-29-32-35-39-43-47-51-55-63(72)69-60(59-78-68-67(76)66(75)65(74)62(58-70)79-68)61(71)54-50-46-42-38-14-12-10-8-6-4-2/h6,8,14,19-22,38,50,54,60-62,65-68,70-71,74-76H,3-5,7,9-13,15-18,23-37,39-49,51-53,55-59H2,1-2H3,(H,69,72)/b8-6+,21-19-,22-20-,38-14+,54-50+. The van der Waals surface area contributed by atoms with Crippen LogP contribution < -0.4 is 5.32 Å². The first-order valence-electron chi connectivity index (χ1n) is 33.1. The van der Waals surface area contributed by atoms with Gasteiger partial charge in [0.05, 0.1) is 32.0 Å². The minimum Gasteiger partial charge on any atom is -0.466 e. The zero-order valence-corrected chi connectivity index (χ0v) is 50.8. The highest BCUT2D eigenvalue weighted by molar-refractivity contribution is 5.76. The number of carbonyl (C=O) groups excluding carboxylic acids is 2. The topological polar surface area (TPSA) is 175 Å². The zero-order chi connectivity index (χ0) is 57.3. The van der Waals surface area contributed by atoms with E-state index in [0.29, 0.717) is 19.4 Å². The maximum absolute atomic E-state index is 13.0. The average Bonchev–Trinajstić information content (AvgIpc) is 3.45. The number of carbonyl (C=O) groups is 2. The van der Waals surface area contributed by atoms with Gasteiger partial charge in [-0.05, 0) is 83.5 Å². The molecule has 1 aliphatic heterocycles. The summed E-state index contributed by atoms with van der Waals surface area (Å²) < 4.78 is 16.7. The third-order valence-corrected chi connectivity index (χ3v) is 15.3. The summed E-state index contributed by atoms with van der Waals surface area (Å²) in [6, 6.07) is -0.839. The van der Waals surface area contributed by atoms with Crippen LogP contribution in [0.3, 0.4) is 0 Å². The lowest BCUT2D eigenvalue weighted by molar-refractivity contribution is -0.302. The molecule has 11 nitrogen and oxygen atoms in total. The highest BCUT2D eigenvalue weighted by Crippen LogP contribution is 2.23. The van der Waals surface area contributed by atoms with Gasteiger partial charge in [0.25, 0.3) is 0 Å². The molecule has 0 radical (unpaired) electrons. The van der Waals surface area contributed by atoms with E-state index in [1.165, 1.54) is 173 Å². The molecule has 0 aromatic carbocycles. The lowest BCUT2D eigenvalue weighted by atomic mass is 9.99. The summed E-state index contributed by atoms with van der Waals surface area (Å²) in [6.45, 7) is 4.20. The quantitative estimate of drug-likeness (QED) is 0.0195. The predicted molar refractivity (Wildman–Crippen MR) is 329 cm³/mol. The number of amides is 1. The van der Waals surface area contributed by atoms with E-state index in [4.69, 9.17) is 14.2 Å². The van der Waals surface area contributed by atoms with Crippen LogP contribution in [0.1, 0.15) is 296 Å². The number of aliphatic hydroxyl groups is 5. The normalized spacial score (nSPS) is 18.8. The predicted octanol–water partition coefficient (Wildman–Crippen LogP) is 16.2. The summed E-state index contributed by atoms with van der Waals surface area (Å²) in [5, 5.41) is 54.2. The van der Waals surface area contributed by atoms with E-state index in [9.17, 15) is 35.1 Å². The Kier molecular flexibility index (Phi) is 53.8. The molecule has 79 heavy (non-hydrogen) atoms. The highest BCUT2D eigenvalue weighted by atomic mass is 16.7. The molecule has 460 valence electrons. The van der Waals surface area contributed by atoms with Gasteiger partial charge in [0.2, 0.25) is 5.91 Å². The lowest BCUT2D eigenvalue weighted by Gasteiger charge is -2.40. The van der Waals surface area contributed by atoms with Crippen LogP contribution in [-0.4, -0.2) is 100 Å². The van der Waals surface area contributed by atoms with Crippen LogP contribution in [0.4, 0.5) is 0 Å².